The molecule has 6 nitrogen and oxygen atoms in total. The molecule has 6 heteroatoms. The van der Waals surface area contributed by atoms with Crippen LogP contribution in [-0.2, 0) is 4.79 Å². The summed E-state index contributed by atoms with van der Waals surface area (Å²) in [6.07, 6.45) is 0. The van der Waals surface area contributed by atoms with Gasteiger partial charge >= 0.3 is 12.0 Å². The van der Waals surface area contributed by atoms with Crippen molar-refractivity contribution in [2.45, 2.75) is 26.8 Å². The van der Waals surface area contributed by atoms with Crippen LogP contribution < -0.4 is 15.4 Å². The summed E-state index contributed by atoms with van der Waals surface area (Å²) in [6, 6.07) is 4.11. The van der Waals surface area contributed by atoms with Crippen molar-refractivity contribution >= 4 is 12.0 Å². The second kappa shape index (κ2) is 6.63. The molecule has 1 atom stereocenters. The Hall–Kier alpha value is -2.24. The summed E-state index contributed by atoms with van der Waals surface area (Å²) in [5.41, 5.74) is 2.10. The first-order chi connectivity index (χ1) is 8.91. The minimum Gasteiger partial charge on any atom is -0.480 e. The fraction of sp³-hybridized carbons (Fsp3) is 0.385. The molecule has 1 rings (SSSR count). The number of hydrogen-bond donors (Lipinski definition) is 3. The van der Waals surface area contributed by atoms with Crippen molar-refractivity contribution in [2.24, 2.45) is 0 Å². The van der Waals surface area contributed by atoms with Crippen LogP contribution >= 0.6 is 0 Å². The van der Waals surface area contributed by atoms with Crippen LogP contribution in [0, 0.1) is 13.8 Å². The second-order valence-electron chi connectivity index (χ2n) is 4.20. The molecule has 0 aromatic heterocycles. The summed E-state index contributed by atoms with van der Waals surface area (Å²) in [6.45, 7) is 5.25. The van der Waals surface area contributed by atoms with Crippen LogP contribution in [0.2, 0.25) is 0 Å². The van der Waals surface area contributed by atoms with E-state index in [0.717, 1.165) is 11.1 Å². The number of carbonyl (C=O) groups excluding carboxylic acids is 1. The van der Waals surface area contributed by atoms with Crippen LogP contribution in [0.3, 0.4) is 0 Å². The molecule has 1 aromatic carbocycles. The van der Waals surface area contributed by atoms with Crippen LogP contribution in [0.25, 0.3) is 0 Å². The number of urea groups is 1. The van der Waals surface area contributed by atoms with Gasteiger partial charge in [0, 0.05) is 0 Å². The normalized spacial score (nSPS) is 11.5. The standard InChI is InChI=1S/C13H18N2O4/c1-8-5-4-6-11(9(8)2)19-7-14-13(18)15-10(3)12(16)17/h4-6,10H,7H2,1-3H3,(H,16,17)(H2,14,15,18). The molecule has 0 aliphatic rings. The number of carboxylic acid groups (broad SMARTS) is 1. The minimum absolute atomic E-state index is 0.0253. The van der Waals surface area contributed by atoms with Crippen molar-refractivity contribution in [1.82, 2.24) is 10.6 Å². The Balaban J connectivity index is 2.40. The number of amides is 2. The predicted octanol–water partition coefficient (Wildman–Crippen LogP) is 1.41. The molecule has 0 heterocycles. The maximum Gasteiger partial charge on any atom is 0.325 e. The number of aliphatic carboxylic acids is 1. The van der Waals surface area contributed by atoms with Gasteiger partial charge in [-0.2, -0.15) is 0 Å². The van der Waals surface area contributed by atoms with Crippen molar-refractivity contribution < 1.29 is 19.4 Å². The number of benzene rings is 1. The van der Waals surface area contributed by atoms with Crippen molar-refractivity contribution in [2.75, 3.05) is 6.73 Å². The SMILES string of the molecule is Cc1cccc(OCNC(=O)NC(C)C(=O)O)c1C. The number of carboxylic acids is 1. The first-order valence-electron chi connectivity index (χ1n) is 5.88. The number of ether oxygens (including phenoxy) is 1. The Morgan fingerprint density at radius 2 is 2.05 bits per heavy atom. The van der Waals surface area contributed by atoms with Gasteiger partial charge in [0.25, 0.3) is 0 Å². The lowest BCUT2D eigenvalue weighted by Crippen LogP contribution is -2.45. The maximum absolute atomic E-state index is 11.3. The number of nitrogens with one attached hydrogen (secondary N) is 2. The number of carbonyl (C=O) groups is 2. The lowest BCUT2D eigenvalue weighted by atomic mass is 10.1. The third-order valence-electron chi connectivity index (χ3n) is 2.73. The van der Waals surface area contributed by atoms with Crippen molar-refractivity contribution in [3.63, 3.8) is 0 Å². The highest BCUT2D eigenvalue weighted by Crippen LogP contribution is 2.19. The van der Waals surface area contributed by atoms with Crippen LogP contribution in [-0.4, -0.2) is 29.9 Å². The molecule has 0 saturated carbocycles. The van der Waals surface area contributed by atoms with Crippen LogP contribution in [0.1, 0.15) is 18.1 Å². The molecule has 0 radical (unpaired) electrons. The lowest BCUT2D eigenvalue weighted by Gasteiger charge is -2.13. The quantitative estimate of drug-likeness (QED) is 0.703. The Labute approximate surface area is 111 Å². The average molecular weight is 266 g/mol. The Morgan fingerprint density at radius 3 is 2.68 bits per heavy atom. The van der Waals surface area contributed by atoms with E-state index < -0.39 is 18.0 Å². The highest BCUT2D eigenvalue weighted by Gasteiger charge is 2.13. The monoisotopic (exact) mass is 266 g/mol. The Morgan fingerprint density at radius 1 is 1.37 bits per heavy atom. The van der Waals surface area contributed by atoms with E-state index in [4.69, 9.17) is 9.84 Å². The smallest absolute Gasteiger partial charge is 0.325 e. The van der Waals surface area contributed by atoms with E-state index >= 15 is 0 Å². The molecule has 104 valence electrons. The first-order valence-corrected chi connectivity index (χ1v) is 5.88. The molecular formula is C13H18N2O4. The maximum atomic E-state index is 11.3. The molecule has 0 aliphatic heterocycles. The van der Waals surface area contributed by atoms with E-state index in [-0.39, 0.29) is 6.73 Å². The molecule has 0 bridgehead atoms. The molecule has 1 aromatic rings. The van der Waals surface area contributed by atoms with Crippen LogP contribution in [0.4, 0.5) is 4.79 Å². The molecule has 19 heavy (non-hydrogen) atoms. The highest BCUT2D eigenvalue weighted by atomic mass is 16.5. The fourth-order valence-electron chi connectivity index (χ4n) is 1.37. The van der Waals surface area contributed by atoms with Gasteiger partial charge in [0.2, 0.25) is 0 Å². The number of hydrogen-bond acceptors (Lipinski definition) is 3. The van der Waals surface area contributed by atoms with E-state index in [2.05, 4.69) is 10.6 Å². The molecule has 3 N–H and O–H groups in total. The molecule has 0 saturated heterocycles. The zero-order chi connectivity index (χ0) is 14.4. The first kappa shape index (κ1) is 14.8. The zero-order valence-electron chi connectivity index (χ0n) is 11.2. The van der Waals surface area contributed by atoms with E-state index in [1.165, 1.54) is 6.92 Å². The van der Waals surface area contributed by atoms with Crippen LogP contribution in [0.15, 0.2) is 18.2 Å². The van der Waals surface area contributed by atoms with Crippen molar-refractivity contribution in [3.8, 4) is 5.75 Å². The second-order valence-corrected chi connectivity index (χ2v) is 4.20. The van der Waals surface area contributed by atoms with Crippen molar-refractivity contribution in [1.29, 1.82) is 0 Å². The van der Waals surface area contributed by atoms with E-state index in [9.17, 15) is 9.59 Å². The van der Waals surface area contributed by atoms with E-state index in [0.29, 0.717) is 5.75 Å². The fourth-order valence-corrected chi connectivity index (χ4v) is 1.37. The molecule has 1 unspecified atom stereocenters. The Bertz CT molecular complexity index is 474. The molecular weight excluding hydrogens is 248 g/mol. The zero-order valence-corrected chi connectivity index (χ0v) is 11.2. The summed E-state index contributed by atoms with van der Waals surface area (Å²) >= 11 is 0. The lowest BCUT2D eigenvalue weighted by molar-refractivity contribution is -0.138. The molecule has 0 spiro atoms. The number of rotatable bonds is 5. The minimum atomic E-state index is -1.09. The molecule has 0 fully saturated rings. The van der Waals surface area contributed by atoms with Gasteiger partial charge in [-0.05, 0) is 38.0 Å². The van der Waals surface area contributed by atoms with E-state index in [1.54, 1.807) is 0 Å². The largest absolute Gasteiger partial charge is 0.480 e. The highest BCUT2D eigenvalue weighted by molar-refractivity contribution is 5.81. The average Bonchev–Trinajstić information content (AvgIpc) is 2.34. The Kier molecular flexibility index (Phi) is 5.17. The third-order valence-corrected chi connectivity index (χ3v) is 2.73. The third kappa shape index (κ3) is 4.50. The van der Waals surface area contributed by atoms with E-state index in [1.807, 2.05) is 32.0 Å². The summed E-state index contributed by atoms with van der Waals surface area (Å²) < 4.78 is 5.41. The van der Waals surface area contributed by atoms with Gasteiger partial charge in [-0.3, -0.25) is 4.79 Å². The van der Waals surface area contributed by atoms with Gasteiger partial charge in [-0.15, -0.1) is 0 Å². The summed E-state index contributed by atoms with van der Waals surface area (Å²) in [5.74, 6) is -0.405. The van der Waals surface area contributed by atoms with Gasteiger partial charge < -0.3 is 20.5 Å². The predicted molar refractivity (Wildman–Crippen MR) is 70.2 cm³/mol. The van der Waals surface area contributed by atoms with Gasteiger partial charge in [-0.25, -0.2) is 4.79 Å². The van der Waals surface area contributed by atoms with Gasteiger partial charge in [0.1, 0.15) is 11.8 Å². The van der Waals surface area contributed by atoms with Gasteiger partial charge in [-0.1, -0.05) is 12.1 Å². The topological polar surface area (TPSA) is 87.7 Å². The number of aryl methyl sites for hydroxylation is 1. The van der Waals surface area contributed by atoms with Crippen molar-refractivity contribution in [3.05, 3.63) is 29.3 Å². The molecule has 0 aliphatic carbocycles. The van der Waals surface area contributed by atoms with Crippen LogP contribution in [0.5, 0.6) is 5.75 Å². The molecule has 2 amide bonds. The summed E-state index contributed by atoms with van der Waals surface area (Å²) in [5, 5.41) is 13.3. The summed E-state index contributed by atoms with van der Waals surface area (Å²) in [7, 11) is 0. The van der Waals surface area contributed by atoms with Gasteiger partial charge in [0.15, 0.2) is 6.73 Å². The van der Waals surface area contributed by atoms with Gasteiger partial charge in [0.05, 0.1) is 0 Å². The summed E-state index contributed by atoms with van der Waals surface area (Å²) in [4.78, 5) is 21.9.